The molecule has 2 aromatic carbocycles. The van der Waals surface area contributed by atoms with E-state index in [9.17, 15) is 0 Å². The highest BCUT2D eigenvalue weighted by Gasteiger charge is 2.08. The van der Waals surface area contributed by atoms with E-state index in [2.05, 4.69) is 59.9 Å². The van der Waals surface area contributed by atoms with Gasteiger partial charge in [0.25, 0.3) is 0 Å². The Bertz CT molecular complexity index is 734. The van der Waals surface area contributed by atoms with Gasteiger partial charge in [0.05, 0.1) is 6.20 Å². The van der Waals surface area contributed by atoms with Crippen molar-refractivity contribution in [1.29, 1.82) is 0 Å². The van der Waals surface area contributed by atoms with E-state index < -0.39 is 0 Å². The number of halogens is 1. The molecule has 0 fully saturated rings. The summed E-state index contributed by atoms with van der Waals surface area (Å²) in [5.74, 6) is 0. The average molecular weight is 302 g/mol. The molecule has 0 bridgehead atoms. The van der Waals surface area contributed by atoms with Crippen LogP contribution in [0.15, 0.2) is 48.8 Å². The Balaban J connectivity index is 0.00000161. The standard InChI is InChI=1S/C17H19N3.ClH/c1-3-20-12-14(11-19-20)16-9-8-13(10-18-2)15-6-4-5-7-17(15)16;/h4-9,11-12,18H,3,10H2,1-2H3;1H. The quantitative estimate of drug-likeness (QED) is 0.793. The number of nitrogens with one attached hydrogen (secondary N) is 1. The molecule has 0 unspecified atom stereocenters. The van der Waals surface area contributed by atoms with Gasteiger partial charge in [-0.2, -0.15) is 5.10 Å². The maximum Gasteiger partial charge on any atom is 0.0568 e. The minimum Gasteiger partial charge on any atom is -0.316 e. The molecule has 1 aromatic heterocycles. The topological polar surface area (TPSA) is 29.9 Å². The van der Waals surface area contributed by atoms with E-state index in [1.807, 2.05) is 17.9 Å². The van der Waals surface area contributed by atoms with E-state index in [4.69, 9.17) is 0 Å². The lowest BCUT2D eigenvalue weighted by atomic mass is 9.96. The molecule has 0 aliphatic heterocycles. The van der Waals surface area contributed by atoms with E-state index in [1.165, 1.54) is 27.5 Å². The number of aryl methyl sites for hydroxylation is 1. The van der Waals surface area contributed by atoms with Gasteiger partial charge in [0.15, 0.2) is 0 Å². The summed E-state index contributed by atoms with van der Waals surface area (Å²) >= 11 is 0. The van der Waals surface area contributed by atoms with Crippen LogP contribution in [-0.2, 0) is 13.1 Å². The Labute approximate surface area is 131 Å². The molecule has 0 atom stereocenters. The molecule has 3 nitrogen and oxygen atoms in total. The van der Waals surface area contributed by atoms with E-state index >= 15 is 0 Å². The van der Waals surface area contributed by atoms with Crippen molar-refractivity contribution in [1.82, 2.24) is 15.1 Å². The fraction of sp³-hybridized carbons (Fsp3) is 0.235. The first-order chi connectivity index (χ1) is 9.83. The molecule has 3 aromatic rings. The number of hydrogen-bond acceptors (Lipinski definition) is 2. The van der Waals surface area contributed by atoms with Gasteiger partial charge in [0, 0.05) is 24.8 Å². The highest BCUT2D eigenvalue weighted by Crippen LogP contribution is 2.30. The van der Waals surface area contributed by atoms with Crippen LogP contribution in [0.3, 0.4) is 0 Å². The molecular weight excluding hydrogens is 282 g/mol. The normalized spacial score (nSPS) is 10.6. The van der Waals surface area contributed by atoms with Gasteiger partial charge in [-0.3, -0.25) is 4.68 Å². The van der Waals surface area contributed by atoms with Gasteiger partial charge in [-0.25, -0.2) is 0 Å². The Kier molecular flexibility index (Phi) is 4.99. The molecular formula is C17H20ClN3. The van der Waals surface area contributed by atoms with Crippen LogP contribution >= 0.6 is 12.4 Å². The molecule has 1 N–H and O–H groups in total. The van der Waals surface area contributed by atoms with Gasteiger partial charge in [-0.15, -0.1) is 12.4 Å². The van der Waals surface area contributed by atoms with Crippen molar-refractivity contribution in [3.63, 3.8) is 0 Å². The van der Waals surface area contributed by atoms with Crippen molar-refractivity contribution in [2.24, 2.45) is 0 Å². The van der Waals surface area contributed by atoms with Crippen molar-refractivity contribution in [2.75, 3.05) is 7.05 Å². The highest BCUT2D eigenvalue weighted by molar-refractivity contribution is 5.98. The second-order valence-electron chi connectivity index (χ2n) is 4.93. The van der Waals surface area contributed by atoms with E-state index in [0.29, 0.717) is 0 Å². The third kappa shape index (κ3) is 2.94. The zero-order chi connectivity index (χ0) is 13.9. The summed E-state index contributed by atoms with van der Waals surface area (Å²) in [5.41, 5.74) is 3.76. The maximum atomic E-state index is 4.38. The Morgan fingerprint density at radius 1 is 1.10 bits per heavy atom. The van der Waals surface area contributed by atoms with Crippen LogP contribution in [0.4, 0.5) is 0 Å². The van der Waals surface area contributed by atoms with Crippen molar-refractivity contribution in [3.8, 4) is 11.1 Å². The maximum absolute atomic E-state index is 4.38. The zero-order valence-corrected chi connectivity index (χ0v) is 13.2. The lowest BCUT2D eigenvalue weighted by Gasteiger charge is -2.10. The molecule has 0 saturated heterocycles. The van der Waals surface area contributed by atoms with E-state index in [1.54, 1.807) is 0 Å². The molecule has 3 rings (SSSR count). The van der Waals surface area contributed by atoms with Crippen molar-refractivity contribution < 1.29 is 0 Å². The third-order valence-corrected chi connectivity index (χ3v) is 3.65. The molecule has 110 valence electrons. The first-order valence-corrected chi connectivity index (χ1v) is 7.01. The number of rotatable bonds is 4. The number of hydrogen-bond donors (Lipinski definition) is 1. The first-order valence-electron chi connectivity index (χ1n) is 7.01. The Hall–Kier alpha value is -1.84. The Morgan fingerprint density at radius 3 is 2.52 bits per heavy atom. The van der Waals surface area contributed by atoms with Gasteiger partial charge in [-0.1, -0.05) is 36.4 Å². The van der Waals surface area contributed by atoms with E-state index in [0.717, 1.165) is 13.1 Å². The lowest BCUT2D eigenvalue weighted by molar-refractivity contribution is 0.660. The van der Waals surface area contributed by atoms with Crippen LogP contribution in [0.5, 0.6) is 0 Å². The van der Waals surface area contributed by atoms with Gasteiger partial charge in [0.1, 0.15) is 0 Å². The smallest absolute Gasteiger partial charge is 0.0568 e. The number of nitrogens with zero attached hydrogens (tertiary/aromatic N) is 2. The number of benzene rings is 2. The molecule has 0 aliphatic rings. The average Bonchev–Trinajstić information content (AvgIpc) is 2.97. The second kappa shape index (κ2) is 6.74. The second-order valence-corrected chi connectivity index (χ2v) is 4.93. The van der Waals surface area contributed by atoms with Crippen molar-refractivity contribution in [3.05, 3.63) is 54.4 Å². The summed E-state index contributed by atoms with van der Waals surface area (Å²) in [6.07, 6.45) is 4.06. The minimum absolute atomic E-state index is 0. The van der Waals surface area contributed by atoms with Crippen LogP contribution in [0, 0.1) is 0 Å². The molecule has 21 heavy (non-hydrogen) atoms. The fourth-order valence-electron chi connectivity index (χ4n) is 2.63. The van der Waals surface area contributed by atoms with Gasteiger partial charge in [-0.05, 0) is 35.9 Å². The highest BCUT2D eigenvalue weighted by atomic mass is 35.5. The van der Waals surface area contributed by atoms with Crippen molar-refractivity contribution >= 4 is 23.2 Å². The monoisotopic (exact) mass is 301 g/mol. The molecule has 0 spiro atoms. The van der Waals surface area contributed by atoms with Crippen molar-refractivity contribution in [2.45, 2.75) is 20.0 Å². The summed E-state index contributed by atoms with van der Waals surface area (Å²) in [6.45, 7) is 3.88. The summed E-state index contributed by atoms with van der Waals surface area (Å²) in [5, 5.41) is 10.2. The molecule has 0 radical (unpaired) electrons. The summed E-state index contributed by atoms with van der Waals surface area (Å²) in [6, 6.07) is 13.0. The number of fused-ring (bicyclic) bond motifs is 1. The zero-order valence-electron chi connectivity index (χ0n) is 12.3. The van der Waals surface area contributed by atoms with Crippen LogP contribution in [0.25, 0.3) is 21.9 Å². The van der Waals surface area contributed by atoms with Crippen LogP contribution in [0.2, 0.25) is 0 Å². The van der Waals surface area contributed by atoms with Gasteiger partial charge < -0.3 is 5.32 Å². The fourth-order valence-corrected chi connectivity index (χ4v) is 2.63. The van der Waals surface area contributed by atoms with Crippen LogP contribution in [0.1, 0.15) is 12.5 Å². The lowest BCUT2D eigenvalue weighted by Crippen LogP contribution is -2.05. The summed E-state index contributed by atoms with van der Waals surface area (Å²) in [7, 11) is 1.98. The SMILES string of the molecule is CCn1cc(-c2ccc(CNC)c3ccccc23)cn1.Cl. The third-order valence-electron chi connectivity index (χ3n) is 3.65. The van der Waals surface area contributed by atoms with Gasteiger partial charge in [0.2, 0.25) is 0 Å². The number of aromatic nitrogens is 2. The molecule has 4 heteroatoms. The molecule has 1 heterocycles. The minimum atomic E-state index is 0. The molecule has 0 amide bonds. The van der Waals surface area contributed by atoms with Crippen LogP contribution in [-0.4, -0.2) is 16.8 Å². The Morgan fingerprint density at radius 2 is 1.86 bits per heavy atom. The van der Waals surface area contributed by atoms with Crippen LogP contribution < -0.4 is 5.32 Å². The van der Waals surface area contributed by atoms with E-state index in [-0.39, 0.29) is 12.4 Å². The first kappa shape index (κ1) is 15.5. The largest absolute Gasteiger partial charge is 0.316 e. The molecule has 0 aliphatic carbocycles. The summed E-state index contributed by atoms with van der Waals surface area (Å²) in [4.78, 5) is 0. The predicted molar refractivity (Wildman–Crippen MR) is 90.9 cm³/mol. The van der Waals surface area contributed by atoms with Gasteiger partial charge >= 0.3 is 0 Å². The summed E-state index contributed by atoms with van der Waals surface area (Å²) < 4.78 is 1.96. The predicted octanol–water partition coefficient (Wildman–Crippen LogP) is 3.86. The molecule has 0 saturated carbocycles.